The molecule has 0 amide bonds. The average molecular weight is 450 g/mol. The molecular weight excluding hydrogens is 386 g/mol. The monoisotopic (exact) mass is 449 g/mol. The Bertz CT molecular complexity index is 365. The first-order valence-corrected chi connectivity index (χ1v) is 15.5. The second-order valence-corrected chi connectivity index (χ2v) is 11.3. The lowest BCUT2D eigenvalue weighted by Crippen LogP contribution is -2.13. The van der Waals surface area contributed by atoms with Crippen LogP contribution >= 0.6 is 0 Å². The molecule has 0 spiro atoms. The van der Waals surface area contributed by atoms with Crippen LogP contribution in [0.1, 0.15) is 168 Å². The molecule has 1 rings (SSSR count). The second kappa shape index (κ2) is 22.7. The lowest BCUT2D eigenvalue weighted by atomic mass is 9.91. The van der Waals surface area contributed by atoms with Gasteiger partial charge in [-0.15, -0.1) is 0 Å². The lowest BCUT2D eigenvalue weighted by Gasteiger charge is -2.17. The molecule has 0 radical (unpaired) electrons. The summed E-state index contributed by atoms with van der Waals surface area (Å²) in [6.45, 7) is 5.84. The third-order valence-corrected chi connectivity index (χ3v) is 8.20. The molecule has 1 nitrogen and oxygen atoms in total. The summed E-state index contributed by atoms with van der Waals surface area (Å²) in [5, 5.41) is 3.39. The molecule has 0 aromatic rings. The van der Waals surface area contributed by atoms with Crippen molar-refractivity contribution in [2.45, 2.75) is 168 Å². The largest absolute Gasteiger partial charge is 0.320 e. The first kappa shape index (κ1) is 30.0. The zero-order chi connectivity index (χ0) is 23.1. The number of hydrogen-bond donors (Lipinski definition) is 1. The van der Waals surface area contributed by atoms with E-state index in [9.17, 15) is 0 Å². The smallest absolute Gasteiger partial charge is 0.00493 e. The van der Waals surface area contributed by atoms with Crippen molar-refractivity contribution in [3.8, 4) is 0 Å². The van der Waals surface area contributed by atoms with Crippen molar-refractivity contribution in [3.63, 3.8) is 0 Å². The number of rotatable bonds is 26. The van der Waals surface area contributed by atoms with Gasteiger partial charge >= 0.3 is 0 Å². The van der Waals surface area contributed by atoms with Gasteiger partial charge < -0.3 is 5.32 Å². The third-order valence-electron chi connectivity index (χ3n) is 8.20. The Hall–Kier alpha value is -0.0400. The van der Waals surface area contributed by atoms with Crippen LogP contribution in [0.3, 0.4) is 0 Å². The third kappa shape index (κ3) is 18.4. The van der Waals surface area contributed by atoms with Crippen molar-refractivity contribution in [2.24, 2.45) is 17.8 Å². The highest BCUT2D eigenvalue weighted by Crippen LogP contribution is 2.45. The highest BCUT2D eigenvalue weighted by atomic mass is 14.8. The van der Waals surface area contributed by atoms with E-state index in [2.05, 4.69) is 26.2 Å². The molecule has 1 aliphatic carbocycles. The number of unbranched alkanes of at least 4 members (excludes halogenated alkanes) is 15. The van der Waals surface area contributed by atoms with Gasteiger partial charge in [0, 0.05) is 0 Å². The molecule has 3 unspecified atom stereocenters. The van der Waals surface area contributed by atoms with E-state index in [1.807, 2.05) is 0 Å². The Morgan fingerprint density at radius 3 is 1.38 bits per heavy atom. The maximum absolute atomic E-state index is 3.39. The van der Waals surface area contributed by atoms with Crippen LogP contribution in [0.2, 0.25) is 0 Å². The van der Waals surface area contributed by atoms with E-state index in [1.54, 1.807) is 19.3 Å². The topological polar surface area (TPSA) is 12.0 Å². The summed E-state index contributed by atoms with van der Waals surface area (Å²) in [5.74, 6) is 3.23. The first-order valence-electron chi connectivity index (χ1n) is 15.5. The van der Waals surface area contributed by atoms with Gasteiger partial charge in [-0.1, -0.05) is 155 Å². The molecule has 0 saturated heterocycles. The molecule has 0 heterocycles. The van der Waals surface area contributed by atoms with E-state index in [-0.39, 0.29) is 0 Å². The van der Waals surface area contributed by atoms with Gasteiger partial charge in [-0.25, -0.2) is 0 Å². The van der Waals surface area contributed by atoms with Crippen LogP contribution in [-0.2, 0) is 0 Å². The van der Waals surface area contributed by atoms with Crippen molar-refractivity contribution in [3.05, 3.63) is 0 Å². The summed E-state index contributed by atoms with van der Waals surface area (Å²) in [7, 11) is 2.11. The molecule has 1 saturated carbocycles. The van der Waals surface area contributed by atoms with Crippen molar-refractivity contribution in [1.29, 1.82) is 0 Å². The zero-order valence-electron chi connectivity index (χ0n) is 22.9. The van der Waals surface area contributed by atoms with Gasteiger partial charge in [-0.2, -0.15) is 0 Å². The van der Waals surface area contributed by atoms with Crippen LogP contribution in [0.15, 0.2) is 0 Å². The van der Waals surface area contributed by atoms with E-state index in [0.717, 1.165) is 17.8 Å². The van der Waals surface area contributed by atoms with Gasteiger partial charge in [0.1, 0.15) is 0 Å². The van der Waals surface area contributed by atoms with Gasteiger partial charge in [0.05, 0.1) is 0 Å². The first-order chi connectivity index (χ1) is 15.8. The fourth-order valence-corrected chi connectivity index (χ4v) is 5.75. The molecule has 3 atom stereocenters. The molecule has 192 valence electrons. The standard InChI is InChI=1S/C31H63N/c1-4-6-8-10-12-14-18-22-29(26-27-32-3)23-19-15-13-17-21-25-31-28-30(31)24-20-16-11-9-7-5-2/h29-32H,4-28H2,1-3H3. The summed E-state index contributed by atoms with van der Waals surface area (Å²) in [6, 6.07) is 0. The lowest BCUT2D eigenvalue weighted by molar-refractivity contribution is 0.376. The highest BCUT2D eigenvalue weighted by molar-refractivity contribution is 4.85. The molecule has 0 aliphatic heterocycles. The Balaban J connectivity index is 1.90. The Labute approximate surface area is 204 Å². The van der Waals surface area contributed by atoms with Crippen LogP contribution in [-0.4, -0.2) is 13.6 Å². The van der Waals surface area contributed by atoms with E-state index in [0.29, 0.717) is 0 Å². The Morgan fingerprint density at radius 2 is 0.938 bits per heavy atom. The molecule has 0 bridgehead atoms. The van der Waals surface area contributed by atoms with Crippen LogP contribution in [0.4, 0.5) is 0 Å². The summed E-state index contributed by atoms with van der Waals surface area (Å²) in [5.41, 5.74) is 0. The molecule has 0 aromatic heterocycles. The van der Waals surface area contributed by atoms with Gasteiger partial charge in [0.25, 0.3) is 0 Å². The molecule has 0 aromatic carbocycles. The minimum atomic E-state index is 0.979. The predicted octanol–water partition coefficient (Wildman–Crippen LogP) is 10.5. The SMILES string of the molecule is CCCCCCCCCC(CCCCCCCC1CC1CCCCCCCC)CCNC. The molecule has 1 heteroatoms. The van der Waals surface area contributed by atoms with Gasteiger partial charge in [-0.3, -0.25) is 0 Å². The van der Waals surface area contributed by atoms with E-state index in [4.69, 9.17) is 0 Å². The van der Waals surface area contributed by atoms with Gasteiger partial charge in [-0.05, 0) is 44.2 Å². The van der Waals surface area contributed by atoms with Crippen LogP contribution in [0.25, 0.3) is 0 Å². The minimum Gasteiger partial charge on any atom is -0.320 e. The fourth-order valence-electron chi connectivity index (χ4n) is 5.75. The average Bonchev–Trinajstić information content (AvgIpc) is 3.55. The zero-order valence-corrected chi connectivity index (χ0v) is 22.9. The van der Waals surface area contributed by atoms with Crippen molar-refractivity contribution < 1.29 is 0 Å². The van der Waals surface area contributed by atoms with Crippen LogP contribution in [0.5, 0.6) is 0 Å². The Kier molecular flexibility index (Phi) is 21.3. The molecular formula is C31H63N. The second-order valence-electron chi connectivity index (χ2n) is 11.3. The van der Waals surface area contributed by atoms with Crippen LogP contribution in [0, 0.1) is 17.8 Å². The van der Waals surface area contributed by atoms with Gasteiger partial charge in [0.15, 0.2) is 0 Å². The van der Waals surface area contributed by atoms with E-state index >= 15 is 0 Å². The Morgan fingerprint density at radius 1 is 0.531 bits per heavy atom. The number of hydrogen-bond acceptors (Lipinski definition) is 1. The van der Waals surface area contributed by atoms with Crippen molar-refractivity contribution in [1.82, 2.24) is 5.32 Å². The molecule has 32 heavy (non-hydrogen) atoms. The summed E-state index contributed by atoms with van der Waals surface area (Å²) in [4.78, 5) is 0. The predicted molar refractivity (Wildman–Crippen MR) is 147 cm³/mol. The quantitative estimate of drug-likeness (QED) is 0.129. The fraction of sp³-hybridized carbons (Fsp3) is 1.00. The highest BCUT2D eigenvalue weighted by Gasteiger charge is 2.34. The molecule has 1 N–H and O–H groups in total. The summed E-state index contributed by atoms with van der Waals surface area (Å²) < 4.78 is 0. The van der Waals surface area contributed by atoms with Gasteiger partial charge in [0.2, 0.25) is 0 Å². The minimum absolute atomic E-state index is 0.979. The van der Waals surface area contributed by atoms with E-state index < -0.39 is 0 Å². The molecule has 1 fully saturated rings. The summed E-state index contributed by atoms with van der Waals surface area (Å²) in [6.07, 6.45) is 35.4. The molecule has 1 aliphatic rings. The van der Waals surface area contributed by atoms with Crippen LogP contribution < -0.4 is 5.32 Å². The van der Waals surface area contributed by atoms with Crippen molar-refractivity contribution >= 4 is 0 Å². The normalized spacial score (nSPS) is 18.8. The van der Waals surface area contributed by atoms with E-state index in [1.165, 1.54) is 141 Å². The van der Waals surface area contributed by atoms with Crippen molar-refractivity contribution in [2.75, 3.05) is 13.6 Å². The summed E-state index contributed by atoms with van der Waals surface area (Å²) >= 11 is 0. The number of nitrogens with one attached hydrogen (secondary N) is 1. The maximum atomic E-state index is 3.39. The maximum Gasteiger partial charge on any atom is -0.00493 e.